The van der Waals surface area contributed by atoms with Gasteiger partial charge in [0.2, 0.25) is 11.8 Å². The molecule has 2 heterocycles. The van der Waals surface area contributed by atoms with E-state index in [1.54, 1.807) is 11.4 Å². The molecule has 1 aliphatic heterocycles. The van der Waals surface area contributed by atoms with E-state index in [0.29, 0.717) is 28.8 Å². The average molecular weight is 394 g/mol. The number of hydrogen-bond donors (Lipinski definition) is 2. The van der Waals surface area contributed by atoms with E-state index in [4.69, 9.17) is 0 Å². The lowest BCUT2D eigenvalue weighted by Gasteiger charge is -2.12. The maximum absolute atomic E-state index is 14.3. The maximum Gasteiger partial charge on any atom is 0.282 e. The summed E-state index contributed by atoms with van der Waals surface area (Å²) in [6.45, 7) is 1.86. The Morgan fingerprint density at radius 1 is 1.35 bits per heavy atom. The lowest BCUT2D eigenvalue weighted by molar-refractivity contribution is -0.116. The zero-order valence-corrected chi connectivity index (χ0v) is 15.4. The number of nitrogens with zero attached hydrogens (tertiary/aromatic N) is 2. The predicted molar refractivity (Wildman–Crippen MR) is 99.9 cm³/mol. The maximum atomic E-state index is 14.3. The molecule has 0 aliphatic carbocycles. The largest absolute Gasteiger partial charge is 0.326 e. The number of halogens is 1. The smallest absolute Gasteiger partial charge is 0.282 e. The van der Waals surface area contributed by atoms with Crippen LogP contribution in [0.15, 0.2) is 23.6 Å². The number of carbonyl (C=O) groups excluding carboxylic acids is 3. The lowest BCUT2D eigenvalue weighted by atomic mass is 10.1. The Balaban J connectivity index is 1.66. The minimum absolute atomic E-state index is 0.0273. The van der Waals surface area contributed by atoms with Crippen LogP contribution in [0.4, 0.5) is 20.0 Å². The van der Waals surface area contributed by atoms with Crippen LogP contribution < -0.4 is 10.6 Å². The Morgan fingerprint density at radius 3 is 2.81 bits per heavy atom. The molecule has 1 aromatic carbocycles. The minimum Gasteiger partial charge on any atom is -0.326 e. The standard InChI is InChI=1S/C16H15FN4O3S2/c1-9(22)18-10-2-3-11(12(17)6-10)13-8-26-15(19-13)20-14(23)7-21-4-5-25-16(21)24/h2-3,6,8H,4-5,7H2,1H3,(H,18,22)(H,19,20,23). The fourth-order valence-electron chi connectivity index (χ4n) is 2.36. The van der Waals surface area contributed by atoms with Gasteiger partial charge in [-0.25, -0.2) is 9.37 Å². The predicted octanol–water partition coefficient (Wildman–Crippen LogP) is 3.01. The van der Waals surface area contributed by atoms with Crippen molar-refractivity contribution in [1.29, 1.82) is 0 Å². The SMILES string of the molecule is CC(=O)Nc1ccc(-c2csc(NC(=O)CN3CCSC3=O)n2)c(F)c1. The van der Waals surface area contributed by atoms with Crippen LogP contribution in [0, 0.1) is 5.82 Å². The third kappa shape index (κ3) is 4.38. The monoisotopic (exact) mass is 394 g/mol. The van der Waals surface area contributed by atoms with Gasteiger partial charge in [0, 0.05) is 35.9 Å². The van der Waals surface area contributed by atoms with Crippen LogP contribution in [0.3, 0.4) is 0 Å². The van der Waals surface area contributed by atoms with E-state index >= 15 is 0 Å². The average Bonchev–Trinajstić information content (AvgIpc) is 3.17. The molecule has 0 atom stereocenters. The highest BCUT2D eigenvalue weighted by Crippen LogP contribution is 2.28. The Hall–Kier alpha value is -2.46. The molecule has 0 saturated carbocycles. The van der Waals surface area contributed by atoms with Gasteiger partial charge in [0.1, 0.15) is 12.4 Å². The summed E-state index contributed by atoms with van der Waals surface area (Å²) in [5.41, 5.74) is 1.00. The highest BCUT2D eigenvalue weighted by molar-refractivity contribution is 8.13. The molecular weight excluding hydrogens is 379 g/mol. The summed E-state index contributed by atoms with van der Waals surface area (Å²) in [4.78, 5) is 40.2. The highest BCUT2D eigenvalue weighted by Gasteiger charge is 2.23. The van der Waals surface area contributed by atoms with Gasteiger partial charge in [-0.2, -0.15) is 0 Å². The van der Waals surface area contributed by atoms with E-state index < -0.39 is 5.82 Å². The zero-order valence-electron chi connectivity index (χ0n) is 13.7. The molecule has 7 nitrogen and oxygen atoms in total. The molecule has 0 bridgehead atoms. The van der Waals surface area contributed by atoms with Gasteiger partial charge >= 0.3 is 0 Å². The minimum atomic E-state index is -0.529. The Morgan fingerprint density at radius 2 is 2.15 bits per heavy atom. The van der Waals surface area contributed by atoms with Gasteiger partial charge in [0.25, 0.3) is 5.24 Å². The number of amides is 3. The van der Waals surface area contributed by atoms with Gasteiger partial charge in [0.05, 0.1) is 5.69 Å². The topological polar surface area (TPSA) is 91.4 Å². The Bertz CT molecular complexity index is 871. The van der Waals surface area contributed by atoms with Crippen molar-refractivity contribution in [2.45, 2.75) is 6.92 Å². The molecule has 2 aromatic rings. The second-order valence-electron chi connectivity index (χ2n) is 5.50. The summed E-state index contributed by atoms with van der Waals surface area (Å²) >= 11 is 2.35. The van der Waals surface area contributed by atoms with Crippen LogP contribution in [0.5, 0.6) is 0 Å². The van der Waals surface area contributed by atoms with Crippen molar-refractivity contribution in [3.05, 3.63) is 29.4 Å². The molecule has 1 aromatic heterocycles. The normalized spacial score (nSPS) is 13.8. The molecule has 26 heavy (non-hydrogen) atoms. The van der Waals surface area contributed by atoms with Gasteiger partial charge in [-0.05, 0) is 18.2 Å². The zero-order chi connectivity index (χ0) is 18.7. The first-order chi connectivity index (χ1) is 12.4. The van der Waals surface area contributed by atoms with Crippen LogP contribution in [-0.2, 0) is 9.59 Å². The number of nitrogens with one attached hydrogen (secondary N) is 2. The number of benzene rings is 1. The van der Waals surface area contributed by atoms with Crippen LogP contribution in [0.2, 0.25) is 0 Å². The van der Waals surface area contributed by atoms with Crippen LogP contribution in [0.1, 0.15) is 6.92 Å². The Labute approximate surface area is 157 Å². The van der Waals surface area contributed by atoms with Crippen molar-refractivity contribution in [2.75, 3.05) is 29.5 Å². The third-order valence-corrected chi connectivity index (χ3v) is 5.14. The molecule has 0 spiro atoms. The van der Waals surface area contributed by atoms with Crippen molar-refractivity contribution < 1.29 is 18.8 Å². The molecule has 1 aliphatic rings. The molecule has 3 amide bonds. The Kier molecular flexibility index (Phi) is 5.52. The summed E-state index contributed by atoms with van der Waals surface area (Å²) in [6, 6.07) is 4.31. The van der Waals surface area contributed by atoms with Crippen molar-refractivity contribution in [1.82, 2.24) is 9.88 Å². The highest BCUT2D eigenvalue weighted by atomic mass is 32.2. The number of aromatic nitrogens is 1. The van der Waals surface area contributed by atoms with Crippen molar-refractivity contribution in [3.63, 3.8) is 0 Å². The molecule has 0 unspecified atom stereocenters. The van der Waals surface area contributed by atoms with Gasteiger partial charge in [-0.1, -0.05) is 11.8 Å². The van der Waals surface area contributed by atoms with Gasteiger partial charge in [-0.15, -0.1) is 11.3 Å². The first-order valence-corrected chi connectivity index (χ1v) is 9.53. The van der Waals surface area contributed by atoms with E-state index in [1.165, 1.54) is 47.1 Å². The van der Waals surface area contributed by atoms with Crippen molar-refractivity contribution >= 4 is 51.0 Å². The van der Waals surface area contributed by atoms with Crippen LogP contribution in [0.25, 0.3) is 11.3 Å². The van der Waals surface area contributed by atoms with Crippen molar-refractivity contribution in [3.8, 4) is 11.3 Å². The molecule has 1 fully saturated rings. The van der Waals surface area contributed by atoms with Crippen LogP contribution >= 0.6 is 23.1 Å². The summed E-state index contributed by atoms with van der Waals surface area (Å²) < 4.78 is 14.3. The molecule has 3 rings (SSSR count). The molecule has 1 saturated heterocycles. The van der Waals surface area contributed by atoms with Crippen molar-refractivity contribution in [2.24, 2.45) is 0 Å². The number of carbonyl (C=O) groups is 3. The van der Waals surface area contributed by atoms with E-state index in [1.807, 2.05) is 0 Å². The number of thiazole rings is 1. The van der Waals surface area contributed by atoms with Gasteiger partial charge in [-0.3, -0.25) is 14.4 Å². The molecular formula is C16H15FN4O3S2. The first-order valence-electron chi connectivity index (χ1n) is 7.67. The molecule has 10 heteroatoms. The molecule has 0 radical (unpaired) electrons. The summed E-state index contributed by atoms with van der Waals surface area (Å²) in [6.07, 6.45) is 0. The first kappa shape index (κ1) is 18.3. The van der Waals surface area contributed by atoms with Gasteiger partial charge in [0.15, 0.2) is 5.13 Å². The fourth-order valence-corrected chi connectivity index (χ4v) is 3.91. The lowest BCUT2D eigenvalue weighted by Crippen LogP contribution is -2.33. The van der Waals surface area contributed by atoms with E-state index in [2.05, 4.69) is 15.6 Å². The van der Waals surface area contributed by atoms with Gasteiger partial charge < -0.3 is 15.5 Å². The van der Waals surface area contributed by atoms with Crippen LogP contribution in [-0.4, -0.2) is 45.8 Å². The number of rotatable bonds is 5. The second-order valence-corrected chi connectivity index (χ2v) is 7.40. The number of hydrogen-bond acceptors (Lipinski definition) is 6. The van der Waals surface area contributed by atoms with E-state index in [9.17, 15) is 18.8 Å². The molecule has 136 valence electrons. The second kappa shape index (κ2) is 7.83. The van der Waals surface area contributed by atoms with E-state index in [-0.39, 0.29) is 29.2 Å². The summed E-state index contributed by atoms with van der Waals surface area (Å²) in [5, 5.41) is 6.97. The van der Waals surface area contributed by atoms with E-state index in [0.717, 1.165) is 0 Å². The summed E-state index contributed by atoms with van der Waals surface area (Å²) in [5.74, 6) is -0.477. The molecule has 2 N–H and O–H groups in total. The quantitative estimate of drug-likeness (QED) is 0.813. The summed E-state index contributed by atoms with van der Waals surface area (Å²) in [7, 11) is 0. The third-order valence-electron chi connectivity index (χ3n) is 3.50. The number of thioether (sulfide) groups is 1. The number of anilines is 2. The fraction of sp³-hybridized carbons (Fsp3) is 0.250.